The third-order valence-electron chi connectivity index (χ3n) is 3.16. The Bertz CT molecular complexity index is 483. The fraction of sp³-hybridized carbons (Fsp3) is 0.429. The molecule has 0 radical (unpaired) electrons. The van der Waals surface area contributed by atoms with Crippen molar-refractivity contribution in [3.8, 4) is 0 Å². The van der Waals surface area contributed by atoms with Crippen LogP contribution in [0.3, 0.4) is 0 Å². The highest BCUT2D eigenvalue weighted by molar-refractivity contribution is 5.82. The maximum absolute atomic E-state index is 5.54. The largest absolute Gasteiger partial charge is 0.345 e. The Morgan fingerprint density at radius 2 is 2.06 bits per heavy atom. The van der Waals surface area contributed by atoms with Crippen LogP contribution in [-0.4, -0.2) is 11.1 Å². The summed E-state index contributed by atoms with van der Waals surface area (Å²) < 4.78 is 2.36. The number of hydrogen-bond acceptors (Lipinski definition) is 1. The zero-order chi connectivity index (χ0) is 11.5. The summed E-state index contributed by atoms with van der Waals surface area (Å²) in [4.78, 5) is 0. The standard InChI is InChI=1S/C14H20N2/c1-3-16-11(2)9-13-7-6-12(5-4-8-15)10-14(13)16/h6-7,9-10H,3-5,8,15H2,1-2H3. The Morgan fingerprint density at radius 3 is 2.75 bits per heavy atom. The van der Waals surface area contributed by atoms with Crippen LogP contribution in [0.1, 0.15) is 24.6 Å². The Morgan fingerprint density at radius 1 is 1.25 bits per heavy atom. The molecule has 2 rings (SSSR count). The topological polar surface area (TPSA) is 30.9 Å². The molecule has 2 heteroatoms. The van der Waals surface area contributed by atoms with Gasteiger partial charge >= 0.3 is 0 Å². The van der Waals surface area contributed by atoms with Crippen LogP contribution in [0, 0.1) is 6.92 Å². The second-order valence-electron chi connectivity index (χ2n) is 4.32. The Labute approximate surface area is 97.1 Å². The van der Waals surface area contributed by atoms with Gasteiger partial charge in [0.15, 0.2) is 0 Å². The van der Waals surface area contributed by atoms with Crippen molar-refractivity contribution in [2.45, 2.75) is 33.2 Å². The average Bonchev–Trinajstić information content (AvgIpc) is 2.61. The van der Waals surface area contributed by atoms with Gasteiger partial charge < -0.3 is 10.3 Å². The molecule has 0 aliphatic heterocycles. The molecule has 0 saturated carbocycles. The molecule has 1 aromatic carbocycles. The zero-order valence-electron chi connectivity index (χ0n) is 10.2. The van der Waals surface area contributed by atoms with Gasteiger partial charge in [0.05, 0.1) is 0 Å². The molecule has 2 N–H and O–H groups in total. The summed E-state index contributed by atoms with van der Waals surface area (Å²) in [6.07, 6.45) is 2.15. The fourth-order valence-electron chi connectivity index (χ4n) is 2.32. The van der Waals surface area contributed by atoms with Gasteiger partial charge in [-0.25, -0.2) is 0 Å². The monoisotopic (exact) mass is 216 g/mol. The van der Waals surface area contributed by atoms with Crippen molar-refractivity contribution >= 4 is 10.9 Å². The molecule has 0 unspecified atom stereocenters. The molecule has 0 spiro atoms. The minimum absolute atomic E-state index is 0.770. The number of fused-ring (bicyclic) bond motifs is 1. The normalized spacial score (nSPS) is 11.2. The summed E-state index contributed by atoms with van der Waals surface area (Å²) in [5.74, 6) is 0. The van der Waals surface area contributed by atoms with Crippen LogP contribution in [0.25, 0.3) is 10.9 Å². The number of benzene rings is 1. The molecule has 0 aliphatic carbocycles. The summed E-state index contributed by atoms with van der Waals surface area (Å²) in [5, 5.41) is 1.34. The van der Waals surface area contributed by atoms with E-state index in [0.717, 1.165) is 25.9 Å². The SMILES string of the molecule is CCn1c(C)cc2ccc(CCCN)cc21. The molecule has 1 heterocycles. The van der Waals surface area contributed by atoms with E-state index in [0.29, 0.717) is 0 Å². The molecule has 2 nitrogen and oxygen atoms in total. The molecule has 86 valence electrons. The first kappa shape index (κ1) is 11.2. The fourth-order valence-corrected chi connectivity index (χ4v) is 2.32. The van der Waals surface area contributed by atoms with Crippen LogP contribution in [0.2, 0.25) is 0 Å². The van der Waals surface area contributed by atoms with Crippen LogP contribution in [0.15, 0.2) is 24.3 Å². The molecule has 16 heavy (non-hydrogen) atoms. The van der Waals surface area contributed by atoms with Gasteiger partial charge in [-0.2, -0.15) is 0 Å². The van der Waals surface area contributed by atoms with Crippen molar-refractivity contribution in [1.82, 2.24) is 4.57 Å². The van der Waals surface area contributed by atoms with Gasteiger partial charge in [0.2, 0.25) is 0 Å². The molecule has 0 fully saturated rings. The van der Waals surface area contributed by atoms with Crippen LogP contribution in [-0.2, 0) is 13.0 Å². The summed E-state index contributed by atoms with van der Waals surface area (Å²) >= 11 is 0. The molecule has 0 amide bonds. The molecule has 0 saturated heterocycles. The smallest absolute Gasteiger partial charge is 0.0485 e. The van der Waals surface area contributed by atoms with Crippen LogP contribution >= 0.6 is 0 Å². The number of hydrogen-bond donors (Lipinski definition) is 1. The lowest BCUT2D eigenvalue weighted by atomic mass is 10.1. The minimum Gasteiger partial charge on any atom is -0.345 e. The molecular formula is C14H20N2. The Kier molecular flexibility index (Phi) is 3.30. The number of nitrogens with two attached hydrogens (primary N) is 1. The molecule has 0 aliphatic rings. The van der Waals surface area contributed by atoms with Crippen LogP contribution in [0.4, 0.5) is 0 Å². The lowest BCUT2D eigenvalue weighted by Crippen LogP contribution is -2.00. The highest BCUT2D eigenvalue weighted by atomic mass is 15.0. The van der Waals surface area contributed by atoms with Gasteiger partial charge in [-0.3, -0.25) is 0 Å². The van der Waals surface area contributed by atoms with Crippen molar-refractivity contribution in [3.05, 3.63) is 35.5 Å². The molecular weight excluding hydrogens is 196 g/mol. The molecule has 0 atom stereocenters. The van der Waals surface area contributed by atoms with Crippen molar-refractivity contribution in [3.63, 3.8) is 0 Å². The van der Waals surface area contributed by atoms with Crippen molar-refractivity contribution in [2.24, 2.45) is 5.73 Å². The zero-order valence-corrected chi connectivity index (χ0v) is 10.2. The summed E-state index contributed by atoms with van der Waals surface area (Å²) in [7, 11) is 0. The number of nitrogens with zero attached hydrogens (tertiary/aromatic N) is 1. The van der Waals surface area contributed by atoms with Gasteiger partial charge in [0.25, 0.3) is 0 Å². The first-order valence-corrected chi connectivity index (χ1v) is 6.05. The van der Waals surface area contributed by atoms with E-state index in [1.807, 2.05) is 0 Å². The highest BCUT2D eigenvalue weighted by Gasteiger charge is 2.04. The lowest BCUT2D eigenvalue weighted by molar-refractivity contribution is 0.768. The van der Waals surface area contributed by atoms with E-state index in [1.54, 1.807) is 0 Å². The quantitative estimate of drug-likeness (QED) is 0.837. The molecule has 2 aromatic rings. The van der Waals surface area contributed by atoms with Gasteiger partial charge in [-0.1, -0.05) is 12.1 Å². The summed E-state index contributed by atoms with van der Waals surface area (Å²) in [6.45, 7) is 6.17. The predicted octanol–water partition coefficient (Wildman–Crippen LogP) is 2.86. The average molecular weight is 216 g/mol. The van der Waals surface area contributed by atoms with Crippen molar-refractivity contribution in [2.75, 3.05) is 6.54 Å². The molecule has 0 bridgehead atoms. The number of rotatable bonds is 4. The lowest BCUT2D eigenvalue weighted by Gasteiger charge is -2.05. The minimum atomic E-state index is 0.770. The molecule has 1 aromatic heterocycles. The maximum atomic E-state index is 5.54. The second-order valence-corrected chi connectivity index (χ2v) is 4.32. The second kappa shape index (κ2) is 4.71. The van der Waals surface area contributed by atoms with E-state index >= 15 is 0 Å². The number of aryl methyl sites for hydroxylation is 3. The van der Waals surface area contributed by atoms with Gasteiger partial charge in [-0.05, 0) is 56.3 Å². The van der Waals surface area contributed by atoms with Crippen LogP contribution in [0.5, 0.6) is 0 Å². The van der Waals surface area contributed by atoms with E-state index < -0.39 is 0 Å². The first-order chi connectivity index (χ1) is 7.76. The van der Waals surface area contributed by atoms with Gasteiger partial charge in [0.1, 0.15) is 0 Å². The predicted molar refractivity (Wildman–Crippen MR) is 69.7 cm³/mol. The van der Waals surface area contributed by atoms with Crippen molar-refractivity contribution < 1.29 is 0 Å². The third-order valence-corrected chi connectivity index (χ3v) is 3.16. The van der Waals surface area contributed by atoms with Crippen molar-refractivity contribution in [1.29, 1.82) is 0 Å². The van der Waals surface area contributed by atoms with E-state index in [4.69, 9.17) is 5.73 Å². The first-order valence-electron chi connectivity index (χ1n) is 6.05. The van der Waals surface area contributed by atoms with Crippen LogP contribution < -0.4 is 5.73 Å². The Hall–Kier alpha value is -1.28. The van der Waals surface area contributed by atoms with E-state index in [1.165, 1.54) is 22.2 Å². The number of aromatic nitrogens is 1. The maximum Gasteiger partial charge on any atom is 0.0485 e. The van der Waals surface area contributed by atoms with E-state index in [2.05, 4.69) is 42.7 Å². The third kappa shape index (κ3) is 1.98. The van der Waals surface area contributed by atoms with Gasteiger partial charge in [-0.15, -0.1) is 0 Å². The van der Waals surface area contributed by atoms with E-state index in [9.17, 15) is 0 Å². The van der Waals surface area contributed by atoms with Gasteiger partial charge in [0, 0.05) is 17.8 Å². The summed E-state index contributed by atoms with van der Waals surface area (Å²) in [6, 6.07) is 9.00. The summed E-state index contributed by atoms with van der Waals surface area (Å²) in [5.41, 5.74) is 9.64. The Balaban J connectivity index is 2.42. The van der Waals surface area contributed by atoms with E-state index in [-0.39, 0.29) is 0 Å². The highest BCUT2D eigenvalue weighted by Crippen LogP contribution is 2.21.